The molecule has 1 atom stereocenters. The Balaban J connectivity index is 2.23. The summed E-state index contributed by atoms with van der Waals surface area (Å²) >= 11 is 1.73. The van der Waals surface area contributed by atoms with E-state index in [4.69, 9.17) is 10.6 Å². The van der Waals surface area contributed by atoms with Crippen molar-refractivity contribution in [1.82, 2.24) is 10.4 Å². The van der Waals surface area contributed by atoms with Gasteiger partial charge in [0.25, 0.3) is 0 Å². The maximum Gasteiger partial charge on any atom is 0.122 e. The number of nitrogens with two attached hydrogens (primary N) is 1. The van der Waals surface area contributed by atoms with Crippen LogP contribution in [0.3, 0.4) is 0 Å². The lowest BCUT2D eigenvalue weighted by molar-refractivity contribution is 0.410. The molecule has 2 rings (SSSR count). The Morgan fingerprint density at radius 3 is 2.65 bits per heavy atom. The van der Waals surface area contributed by atoms with Crippen LogP contribution in [0.1, 0.15) is 32.7 Å². The topological polar surface area (TPSA) is 60.2 Å². The Kier molecular flexibility index (Phi) is 4.75. The van der Waals surface area contributed by atoms with Crippen LogP contribution in [0, 0.1) is 20.8 Å². The highest BCUT2D eigenvalue weighted by Crippen LogP contribution is 2.27. The molecule has 3 N–H and O–H groups in total. The number of hydrogen-bond donors (Lipinski definition) is 2. The van der Waals surface area contributed by atoms with E-state index in [1.807, 2.05) is 19.9 Å². The van der Waals surface area contributed by atoms with E-state index in [1.54, 1.807) is 18.4 Å². The summed E-state index contributed by atoms with van der Waals surface area (Å²) in [5, 5.41) is 1.10. The molecule has 0 radical (unpaired) electrons. The molecule has 0 aliphatic rings. The molecule has 0 amide bonds. The first-order valence-electron chi connectivity index (χ1n) is 6.58. The van der Waals surface area contributed by atoms with Crippen LogP contribution in [0.2, 0.25) is 0 Å². The molecule has 0 saturated heterocycles. The van der Waals surface area contributed by atoms with Gasteiger partial charge in [-0.2, -0.15) is 0 Å². The summed E-state index contributed by atoms with van der Waals surface area (Å²) in [4.78, 5) is 5.84. The summed E-state index contributed by atoms with van der Waals surface area (Å²) in [6.45, 7) is 6.16. The number of aryl methyl sites for hydroxylation is 3. The monoisotopic (exact) mass is 291 g/mol. The number of nitrogens with one attached hydrogen (secondary N) is 1. The Bertz CT molecular complexity index is 575. The van der Waals surface area contributed by atoms with Crippen LogP contribution in [-0.4, -0.2) is 12.1 Å². The third-order valence-corrected chi connectivity index (χ3v) is 4.58. The first-order chi connectivity index (χ1) is 9.55. The van der Waals surface area contributed by atoms with E-state index >= 15 is 0 Å². The van der Waals surface area contributed by atoms with Gasteiger partial charge in [0.2, 0.25) is 0 Å². The number of aromatic nitrogens is 1. The summed E-state index contributed by atoms with van der Waals surface area (Å²) in [5.41, 5.74) is 6.21. The summed E-state index contributed by atoms with van der Waals surface area (Å²) < 4.78 is 5.37. The Labute approximate surface area is 124 Å². The molecular weight excluding hydrogens is 270 g/mol. The lowest BCUT2D eigenvalue weighted by Gasteiger charge is -2.16. The fourth-order valence-electron chi connectivity index (χ4n) is 2.13. The number of hydrogen-bond acceptors (Lipinski definition) is 5. The SMILES string of the molecule is COc1cc(C(Cc2nc(C)c(C)s2)NN)ccc1C. The molecular formula is C15H21N3OS. The van der Waals surface area contributed by atoms with E-state index in [0.717, 1.165) is 34.0 Å². The van der Waals surface area contributed by atoms with Gasteiger partial charge >= 0.3 is 0 Å². The van der Waals surface area contributed by atoms with Gasteiger partial charge < -0.3 is 4.74 Å². The molecule has 20 heavy (non-hydrogen) atoms. The zero-order valence-electron chi connectivity index (χ0n) is 12.4. The summed E-state index contributed by atoms with van der Waals surface area (Å²) in [6, 6.07) is 6.20. The largest absolute Gasteiger partial charge is 0.496 e. The lowest BCUT2D eigenvalue weighted by atomic mass is 10.0. The van der Waals surface area contributed by atoms with Crippen LogP contribution >= 0.6 is 11.3 Å². The molecule has 108 valence electrons. The second-order valence-electron chi connectivity index (χ2n) is 4.90. The quantitative estimate of drug-likeness (QED) is 0.657. The number of rotatable bonds is 5. The highest BCUT2D eigenvalue weighted by molar-refractivity contribution is 7.11. The van der Waals surface area contributed by atoms with E-state index in [1.165, 1.54) is 4.88 Å². The molecule has 4 nitrogen and oxygen atoms in total. The zero-order chi connectivity index (χ0) is 14.7. The minimum atomic E-state index is 0.0365. The molecule has 0 spiro atoms. The molecule has 1 unspecified atom stereocenters. The number of thiazole rings is 1. The third-order valence-electron chi connectivity index (χ3n) is 3.49. The maximum atomic E-state index is 5.71. The van der Waals surface area contributed by atoms with Crippen molar-refractivity contribution in [2.24, 2.45) is 5.84 Å². The fourth-order valence-corrected chi connectivity index (χ4v) is 3.11. The third kappa shape index (κ3) is 3.17. The fraction of sp³-hybridized carbons (Fsp3) is 0.400. The van der Waals surface area contributed by atoms with Gasteiger partial charge in [0.05, 0.1) is 23.9 Å². The zero-order valence-corrected chi connectivity index (χ0v) is 13.2. The number of hydrazine groups is 1. The van der Waals surface area contributed by atoms with Gasteiger partial charge in [-0.15, -0.1) is 11.3 Å². The molecule has 0 saturated carbocycles. The van der Waals surface area contributed by atoms with Crippen molar-refractivity contribution in [3.05, 3.63) is 44.9 Å². The molecule has 1 aromatic heterocycles. The minimum Gasteiger partial charge on any atom is -0.496 e. The predicted octanol–water partition coefficient (Wildman–Crippen LogP) is 2.82. The predicted molar refractivity (Wildman–Crippen MR) is 83.1 cm³/mol. The number of ether oxygens (including phenoxy) is 1. The number of methoxy groups -OCH3 is 1. The smallest absolute Gasteiger partial charge is 0.122 e. The van der Waals surface area contributed by atoms with Crippen molar-refractivity contribution in [2.75, 3.05) is 7.11 Å². The van der Waals surface area contributed by atoms with Crippen LogP contribution in [0.25, 0.3) is 0 Å². The van der Waals surface area contributed by atoms with Gasteiger partial charge in [-0.25, -0.2) is 4.98 Å². The molecule has 1 aromatic carbocycles. The van der Waals surface area contributed by atoms with Gasteiger partial charge in [0.1, 0.15) is 5.75 Å². The molecule has 1 heterocycles. The Morgan fingerprint density at radius 2 is 2.10 bits per heavy atom. The van der Waals surface area contributed by atoms with E-state index in [-0.39, 0.29) is 6.04 Å². The van der Waals surface area contributed by atoms with Crippen molar-refractivity contribution in [2.45, 2.75) is 33.2 Å². The van der Waals surface area contributed by atoms with E-state index in [0.29, 0.717) is 0 Å². The summed E-state index contributed by atoms with van der Waals surface area (Å²) in [6.07, 6.45) is 0.780. The normalized spacial score (nSPS) is 12.4. The van der Waals surface area contributed by atoms with Gasteiger partial charge in [-0.1, -0.05) is 12.1 Å². The maximum absolute atomic E-state index is 5.71. The lowest BCUT2D eigenvalue weighted by Crippen LogP contribution is -2.29. The van der Waals surface area contributed by atoms with Gasteiger partial charge in [0.15, 0.2) is 0 Å². The highest BCUT2D eigenvalue weighted by Gasteiger charge is 2.15. The van der Waals surface area contributed by atoms with E-state index in [2.05, 4.69) is 29.5 Å². The summed E-state index contributed by atoms with van der Waals surface area (Å²) in [7, 11) is 1.69. The molecule has 0 aliphatic heterocycles. The first kappa shape index (κ1) is 15.0. The van der Waals surface area contributed by atoms with Crippen molar-refractivity contribution in [1.29, 1.82) is 0 Å². The highest BCUT2D eigenvalue weighted by atomic mass is 32.1. The molecule has 0 bridgehead atoms. The molecule has 2 aromatic rings. The van der Waals surface area contributed by atoms with Gasteiger partial charge in [0, 0.05) is 11.3 Å². The van der Waals surface area contributed by atoms with Crippen molar-refractivity contribution < 1.29 is 4.74 Å². The van der Waals surface area contributed by atoms with Crippen LogP contribution in [-0.2, 0) is 6.42 Å². The van der Waals surface area contributed by atoms with Gasteiger partial charge in [-0.05, 0) is 38.0 Å². The van der Waals surface area contributed by atoms with E-state index in [9.17, 15) is 0 Å². The average molecular weight is 291 g/mol. The van der Waals surface area contributed by atoms with E-state index < -0.39 is 0 Å². The molecule has 5 heteroatoms. The number of benzene rings is 1. The first-order valence-corrected chi connectivity index (χ1v) is 7.40. The van der Waals surface area contributed by atoms with Crippen LogP contribution in [0.15, 0.2) is 18.2 Å². The average Bonchev–Trinajstić information content (AvgIpc) is 2.75. The van der Waals surface area contributed by atoms with Crippen molar-refractivity contribution in [3.8, 4) is 5.75 Å². The van der Waals surface area contributed by atoms with Crippen LogP contribution < -0.4 is 16.0 Å². The molecule has 0 fully saturated rings. The Morgan fingerprint density at radius 1 is 1.35 bits per heavy atom. The van der Waals surface area contributed by atoms with Crippen molar-refractivity contribution in [3.63, 3.8) is 0 Å². The second kappa shape index (κ2) is 6.35. The number of nitrogens with zero attached hydrogens (tertiary/aromatic N) is 1. The minimum absolute atomic E-state index is 0.0365. The standard InChI is InChI=1S/C15H21N3OS/c1-9-5-6-12(7-14(9)19-4)13(18-16)8-15-17-10(2)11(3)20-15/h5-7,13,18H,8,16H2,1-4H3. The van der Waals surface area contributed by atoms with Crippen molar-refractivity contribution >= 4 is 11.3 Å². The van der Waals surface area contributed by atoms with Crippen LogP contribution in [0.5, 0.6) is 5.75 Å². The van der Waals surface area contributed by atoms with Gasteiger partial charge in [-0.3, -0.25) is 11.3 Å². The van der Waals surface area contributed by atoms with Crippen LogP contribution in [0.4, 0.5) is 0 Å². The molecule has 0 aliphatic carbocycles. The summed E-state index contributed by atoms with van der Waals surface area (Å²) in [5.74, 6) is 6.60. The Hall–Kier alpha value is -1.43. The second-order valence-corrected chi connectivity index (χ2v) is 6.19.